The predicted molar refractivity (Wildman–Crippen MR) is 118 cm³/mol. The van der Waals surface area contributed by atoms with E-state index in [-0.39, 0.29) is 10.6 Å². The molecule has 0 bridgehead atoms. The van der Waals surface area contributed by atoms with Gasteiger partial charge in [-0.25, -0.2) is 12.8 Å². The Morgan fingerprint density at radius 1 is 0.900 bits per heavy atom. The van der Waals surface area contributed by atoms with Crippen LogP contribution in [-0.4, -0.2) is 33.2 Å². The van der Waals surface area contributed by atoms with Gasteiger partial charge in [0.2, 0.25) is 5.91 Å². The highest BCUT2D eigenvalue weighted by Crippen LogP contribution is 2.23. The minimum absolute atomic E-state index is 0.0572. The Bertz CT molecular complexity index is 1060. The van der Waals surface area contributed by atoms with Gasteiger partial charge in [0.15, 0.2) is 0 Å². The first-order chi connectivity index (χ1) is 14.5. The third-order valence-corrected chi connectivity index (χ3v) is 6.97. The van der Waals surface area contributed by atoms with Gasteiger partial charge in [-0.1, -0.05) is 36.4 Å². The Balaban J connectivity index is 1.69. The number of rotatable bonds is 9. The van der Waals surface area contributed by atoms with Gasteiger partial charge in [0.25, 0.3) is 10.0 Å². The Morgan fingerprint density at radius 3 is 2.13 bits per heavy atom. The van der Waals surface area contributed by atoms with E-state index in [1.54, 1.807) is 30.0 Å². The second-order valence-electron chi connectivity index (χ2n) is 6.31. The van der Waals surface area contributed by atoms with Crippen LogP contribution in [0.25, 0.3) is 0 Å². The monoisotopic (exact) mass is 444 g/mol. The summed E-state index contributed by atoms with van der Waals surface area (Å²) in [5.74, 6) is -0.275. The highest BCUT2D eigenvalue weighted by atomic mass is 32.2. The van der Waals surface area contributed by atoms with Crippen molar-refractivity contribution in [2.24, 2.45) is 0 Å². The molecule has 3 aromatic rings. The molecule has 0 aliphatic rings. The summed E-state index contributed by atoms with van der Waals surface area (Å²) in [6, 6.07) is 22.6. The molecule has 30 heavy (non-hydrogen) atoms. The predicted octanol–water partition coefficient (Wildman–Crippen LogP) is 3.93. The van der Waals surface area contributed by atoms with Crippen LogP contribution in [0.1, 0.15) is 0 Å². The molecule has 0 aromatic heterocycles. The summed E-state index contributed by atoms with van der Waals surface area (Å²) in [5, 5.41) is 2.75. The van der Waals surface area contributed by atoms with Crippen LogP contribution in [0.5, 0.6) is 0 Å². The Morgan fingerprint density at radius 2 is 1.50 bits per heavy atom. The molecule has 1 N–H and O–H groups in total. The van der Waals surface area contributed by atoms with Crippen molar-refractivity contribution in [3.8, 4) is 0 Å². The second-order valence-corrected chi connectivity index (χ2v) is 9.34. The van der Waals surface area contributed by atoms with E-state index in [0.29, 0.717) is 12.3 Å². The maximum atomic E-state index is 13.3. The standard InChI is InChI=1S/C22H21FN2O3S2/c23-18-11-13-19(14-12-18)25(30(27,28)21-9-5-2-6-10-21)17-22(26)24-15-16-29-20-7-3-1-4-8-20/h1-14H,15-17H2,(H,24,26). The van der Waals surface area contributed by atoms with E-state index in [1.165, 1.54) is 24.3 Å². The molecular weight excluding hydrogens is 423 g/mol. The van der Waals surface area contributed by atoms with Gasteiger partial charge < -0.3 is 5.32 Å². The van der Waals surface area contributed by atoms with E-state index in [1.807, 2.05) is 30.3 Å². The zero-order chi connectivity index (χ0) is 21.4. The lowest BCUT2D eigenvalue weighted by Crippen LogP contribution is -2.41. The Labute approximate surface area is 180 Å². The summed E-state index contributed by atoms with van der Waals surface area (Å²) in [4.78, 5) is 13.6. The fourth-order valence-corrected chi connectivity index (χ4v) is 4.94. The molecule has 0 unspecified atom stereocenters. The number of nitrogens with zero attached hydrogens (tertiary/aromatic N) is 1. The third kappa shape index (κ3) is 5.84. The van der Waals surface area contributed by atoms with E-state index < -0.39 is 28.3 Å². The summed E-state index contributed by atoms with van der Waals surface area (Å²) in [5.41, 5.74) is 0.217. The third-order valence-electron chi connectivity index (χ3n) is 4.17. The largest absolute Gasteiger partial charge is 0.354 e. The molecule has 0 atom stereocenters. The first kappa shape index (κ1) is 21.9. The number of nitrogens with one attached hydrogen (secondary N) is 1. The number of thioether (sulfide) groups is 1. The van der Waals surface area contributed by atoms with Gasteiger partial charge in [-0.05, 0) is 48.5 Å². The molecule has 0 radical (unpaired) electrons. The molecule has 0 heterocycles. The fraction of sp³-hybridized carbons (Fsp3) is 0.136. The van der Waals surface area contributed by atoms with Crippen molar-refractivity contribution >= 4 is 33.4 Å². The first-order valence-corrected chi connectivity index (χ1v) is 11.7. The Hall–Kier alpha value is -2.84. The highest BCUT2D eigenvalue weighted by molar-refractivity contribution is 7.99. The lowest BCUT2D eigenvalue weighted by Gasteiger charge is -2.24. The molecule has 3 rings (SSSR count). The van der Waals surface area contributed by atoms with Crippen LogP contribution >= 0.6 is 11.8 Å². The number of hydrogen-bond acceptors (Lipinski definition) is 4. The molecule has 0 saturated heterocycles. The van der Waals surface area contributed by atoms with E-state index in [4.69, 9.17) is 0 Å². The van der Waals surface area contributed by atoms with Crippen LogP contribution in [-0.2, 0) is 14.8 Å². The molecule has 156 valence electrons. The van der Waals surface area contributed by atoms with Crippen LogP contribution < -0.4 is 9.62 Å². The molecule has 8 heteroatoms. The molecular formula is C22H21FN2O3S2. The first-order valence-electron chi connectivity index (χ1n) is 9.25. The number of anilines is 1. The van der Waals surface area contributed by atoms with Crippen molar-refractivity contribution in [1.82, 2.24) is 5.32 Å². The molecule has 1 amide bonds. The van der Waals surface area contributed by atoms with Gasteiger partial charge >= 0.3 is 0 Å². The number of halogens is 1. The van der Waals surface area contributed by atoms with Crippen molar-refractivity contribution in [1.29, 1.82) is 0 Å². The van der Waals surface area contributed by atoms with Crippen LogP contribution in [0.15, 0.2) is 94.7 Å². The van der Waals surface area contributed by atoms with Gasteiger partial charge in [0, 0.05) is 17.2 Å². The summed E-state index contributed by atoms with van der Waals surface area (Å²) < 4.78 is 40.5. The van der Waals surface area contributed by atoms with Crippen LogP contribution in [0.4, 0.5) is 10.1 Å². The van der Waals surface area contributed by atoms with Crippen LogP contribution in [0.3, 0.4) is 0 Å². The smallest absolute Gasteiger partial charge is 0.264 e. The number of carbonyl (C=O) groups excluding carboxylic acids is 1. The fourth-order valence-electron chi connectivity index (χ4n) is 2.70. The molecule has 0 spiro atoms. The van der Waals surface area contributed by atoms with Gasteiger partial charge in [-0.3, -0.25) is 9.10 Å². The topological polar surface area (TPSA) is 66.5 Å². The van der Waals surface area contributed by atoms with E-state index >= 15 is 0 Å². The molecule has 0 saturated carbocycles. The molecule has 5 nitrogen and oxygen atoms in total. The lowest BCUT2D eigenvalue weighted by atomic mass is 10.3. The SMILES string of the molecule is O=C(CN(c1ccc(F)cc1)S(=O)(=O)c1ccccc1)NCCSc1ccccc1. The average molecular weight is 445 g/mol. The summed E-state index contributed by atoms with van der Waals surface area (Å²) in [6.07, 6.45) is 0. The van der Waals surface area contributed by atoms with Crippen LogP contribution in [0.2, 0.25) is 0 Å². The van der Waals surface area contributed by atoms with E-state index in [0.717, 1.165) is 21.3 Å². The Kier molecular flexibility index (Phi) is 7.48. The van der Waals surface area contributed by atoms with Crippen molar-refractivity contribution in [2.45, 2.75) is 9.79 Å². The minimum Gasteiger partial charge on any atom is -0.354 e. The number of carbonyl (C=O) groups is 1. The van der Waals surface area contributed by atoms with E-state index in [2.05, 4.69) is 5.32 Å². The maximum Gasteiger partial charge on any atom is 0.264 e. The second kappa shape index (κ2) is 10.3. The molecule has 0 aliphatic heterocycles. The normalized spacial score (nSPS) is 11.1. The molecule has 0 fully saturated rings. The van der Waals surface area contributed by atoms with Gasteiger partial charge in [-0.15, -0.1) is 11.8 Å². The van der Waals surface area contributed by atoms with Gasteiger partial charge in [-0.2, -0.15) is 0 Å². The van der Waals surface area contributed by atoms with Gasteiger partial charge in [0.05, 0.1) is 10.6 Å². The number of amides is 1. The van der Waals surface area contributed by atoms with Crippen LogP contribution in [0, 0.1) is 5.82 Å². The lowest BCUT2D eigenvalue weighted by molar-refractivity contribution is -0.119. The molecule has 3 aromatic carbocycles. The van der Waals surface area contributed by atoms with E-state index in [9.17, 15) is 17.6 Å². The average Bonchev–Trinajstić information content (AvgIpc) is 2.77. The zero-order valence-electron chi connectivity index (χ0n) is 16.1. The number of benzene rings is 3. The summed E-state index contributed by atoms with van der Waals surface area (Å²) in [6.45, 7) is -0.0140. The zero-order valence-corrected chi connectivity index (χ0v) is 17.7. The maximum absolute atomic E-state index is 13.3. The van der Waals surface area contributed by atoms with Crippen molar-refractivity contribution < 1.29 is 17.6 Å². The van der Waals surface area contributed by atoms with Gasteiger partial charge in [0.1, 0.15) is 12.4 Å². The van der Waals surface area contributed by atoms with Crippen molar-refractivity contribution in [3.05, 3.63) is 90.7 Å². The quantitative estimate of drug-likeness (QED) is 0.401. The van der Waals surface area contributed by atoms with Crippen molar-refractivity contribution in [2.75, 3.05) is 23.1 Å². The highest BCUT2D eigenvalue weighted by Gasteiger charge is 2.27. The summed E-state index contributed by atoms with van der Waals surface area (Å²) >= 11 is 1.59. The number of hydrogen-bond donors (Lipinski definition) is 1. The van der Waals surface area contributed by atoms with Crippen molar-refractivity contribution in [3.63, 3.8) is 0 Å². The molecule has 0 aliphatic carbocycles. The minimum atomic E-state index is -3.99. The summed E-state index contributed by atoms with van der Waals surface area (Å²) in [7, 11) is -3.99. The number of sulfonamides is 1.